The Morgan fingerprint density at radius 1 is 1.43 bits per heavy atom. The van der Waals surface area contributed by atoms with Gasteiger partial charge < -0.3 is 15.5 Å². The lowest BCUT2D eigenvalue weighted by Gasteiger charge is -2.13. The van der Waals surface area contributed by atoms with E-state index >= 15 is 0 Å². The Bertz CT molecular complexity index is 542. The van der Waals surface area contributed by atoms with Crippen molar-refractivity contribution in [3.8, 4) is 0 Å². The third-order valence-corrected chi connectivity index (χ3v) is 3.93. The highest BCUT2D eigenvalue weighted by atomic mass is 127. The molecule has 0 radical (unpaired) electrons. The van der Waals surface area contributed by atoms with Crippen molar-refractivity contribution in [2.75, 3.05) is 27.2 Å². The summed E-state index contributed by atoms with van der Waals surface area (Å²) in [6.07, 6.45) is 2.89. The maximum absolute atomic E-state index is 11.6. The van der Waals surface area contributed by atoms with Gasteiger partial charge in [-0.2, -0.15) is 0 Å². The lowest BCUT2D eigenvalue weighted by atomic mass is 10.3. The van der Waals surface area contributed by atoms with E-state index in [0.29, 0.717) is 19.0 Å². The highest BCUT2D eigenvalue weighted by Crippen LogP contribution is 2.12. The van der Waals surface area contributed by atoms with E-state index in [2.05, 4.69) is 34.1 Å². The highest BCUT2D eigenvalue weighted by Gasteiger charge is 2.06. The average molecular weight is 451 g/mol. The SMILES string of the molecule is C=C(C)CNC(=NCC(=O)N(C)C)NCc1ncc(CC)s1.I. The number of carbonyl (C=O) groups is 1. The van der Waals surface area contributed by atoms with Crippen molar-refractivity contribution in [1.82, 2.24) is 20.5 Å². The average Bonchev–Trinajstić information content (AvgIpc) is 2.93. The van der Waals surface area contributed by atoms with E-state index in [0.717, 1.165) is 17.0 Å². The van der Waals surface area contributed by atoms with Gasteiger partial charge in [0, 0.05) is 31.7 Å². The standard InChI is InChI=1S/C15H25N5OS.HI/c1-6-12-8-16-13(22-12)9-18-15(17-7-11(2)3)19-10-14(21)20(4)5;/h8H,2,6-7,9-10H2,1,3-5H3,(H2,17,18,19);1H. The van der Waals surface area contributed by atoms with Crippen LogP contribution in [0.15, 0.2) is 23.3 Å². The molecule has 0 spiro atoms. The van der Waals surface area contributed by atoms with E-state index in [-0.39, 0.29) is 36.4 Å². The van der Waals surface area contributed by atoms with Crippen LogP contribution in [-0.4, -0.2) is 48.9 Å². The molecule has 1 aromatic rings. The summed E-state index contributed by atoms with van der Waals surface area (Å²) in [5, 5.41) is 7.35. The zero-order valence-corrected chi connectivity index (χ0v) is 17.3. The molecule has 0 aliphatic rings. The van der Waals surface area contributed by atoms with Gasteiger partial charge in [0.15, 0.2) is 5.96 Å². The summed E-state index contributed by atoms with van der Waals surface area (Å²) in [6, 6.07) is 0. The first-order valence-corrected chi connectivity index (χ1v) is 8.04. The molecular formula is C15H26IN5OS. The highest BCUT2D eigenvalue weighted by molar-refractivity contribution is 14.0. The minimum Gasteiger partial charge on any atom is -0.353 e. The molecule has 1 amide bonds. The number of hydrogen-bond donors (Lipinski definition) is 2. The molecule has 0 fully saturated rings. The number of rotatable bonds is 7. The van der Waals surface area contributed by atoms with Crippen molar-refractivity contribution < 1.29 is 4.79 Å². The van der Waals surface area contributed by atoms with Crippen LogP contribution in [0.25, 0.3) is 0 Å². The number of halogens is 1. The first-order valence-electron chi connectivity index (χ1n) is 7.22. The summed E-state index contributed by atoms with van der Waals surface area (Å²) >= 11 is 1.68. The number of carbonyl (C=O) groups excluding carboxylic acids is 1. The summed E-state index contributed by atoms with van der Waals surface area (Å²) in [5.41, 5.74) is 0.996. The number of nitrogens with zero attached hydrogens (tertiary/aromatic N) is 3. The Labute approximate surface area is 159 Å². The number of aromatic nitrogens is 1. The number of aryl methyl sites for hydroxylation is 1. The number of nitrogens with one attached hydrogen (secondary N) is 2. The van der Waals surface area contributed by atoms with Crippen LogP contribution in [0.4, 0.5) is 0 Å². The van der Waals surface area contributed by atoms with Crippen molar-refractivity contribution in [2.24, 2.45) is 4.99 Å². The van der Waals surface area contributed by atoms with Gasteiger partial charge >= 0.3 is 0 Å². The van der Waals surface area contributed by atoms with Gasteiger partial charge in [0.25, 0.3) is 0 Å². The summed E-state index contributed by atoms with van der Waals surface area (Å²) in [7, 11) is 3.43. The molecule has 1 heterocycles. The molecular weight excluding hydrogens is 425 g/mol. The molecule has 23 heavy (non-hydrogen) atoms. The molecule has 2 N–H and O–H groups in total. The van der Waals surface area contributed by atoms with Gasteiger partial charge in [-0.25, -0.2) is 9.98 Å². The molecule has 130 valence electrons. The molecule has 0 bridgehead atoms. The minimum atomic E-state index is -0.0426. The molecule has 0 aromatic carbocycles. The van der Waals surface area contributed by atoms with Gasteiger partial charge in [-0.15, -0.1) is 35.3 Å². The van der Waals surface area contributed by atoms with E-state index in [1.165, 1.54) is 9.78 Å². The first-order chi connectivity index (χ1) is 10.4. The van der Waals surface area contributed by atoms with Gasteiger partial charge in [0.1, 0.15) is 11.6 Å². The van der Waals surface area contributed by atoms with Crippen molar-refractivity contribution >= 4 is 47.2 Å². The van der Waals surface area contributed by atoms with Crippen LogP contribution in [0.1, 0.15) is 23.7 Å². The predicted octanol–water partition coefficient (Wildman–Crippen LogP) is 2.02. The summed E-state index contributed by atoms with van der Waals surface area (Å²) < 4.78 is 0. The fourth-order valence-electron chi connectivity index (χ4n) is 1.45. The largest absolute Gasteiger partial charge is 0.353 e. The second-order valence-electron chi connectivity index (χ2n) is 5.19. The molecule has 1 aromatic heterocycles. The van der Waals surface area contributed by atoms with Crippen molar-refractivity contribution in [3.63, 3.8) is 0 Å². The summed E-state index contributed by atoms with van der Waals surface area (Å²) in [5.74, 6) is 0.547. The summed E-state index contributed by atoms with van der Waals surface area (Å²) in [6.45, 7) is 9.20. The Balaban J connectivity index is 0.00000484. The molecule has 8 heteroatoms. The number of guanidine groups is 1. The van der Waals surface area contributed by atoms with Gasteiger partial charge in [0.05, 0.1) is 6.54 Å². The lowest BCUT2D eigenvalue weighted by Crippen LogP contribution is -2.38. The van der Waals surface area contributed by atoms with Gasteiger partial charge in [-0.1, -0.05) is 19.1 Å². The van der Waals surface area contributed by atoms with Crippen LogP contribution in [-0.2, 0) is 17.8 Å². The van der Waals surface area contributed by atoms with E-state index in [4.69, 9.17) is 0 Å². The number of amides is 1. The topological polar surface area (TPSA) is 69.6 Å². The lowest BCUT2D eigenvalue weighted by molar-refractivity contribution is -0.127. The molecule has 1 rings (SSSR count). The van der Waals surface area contributed by atoms with Crippen molar-refractivity contribution in [2.45, 2.75) is 26.8 Å². The monoisotopic (exact) mass is 451 g/mol. The third kappa shape index (κ3) is 8.89. The summed E-state index contributed by atoms with van der Waals surface area (Å²) in [4.78, 5) is 23.1. The maximum Gasteiger partial charge on any atom is 0.243 e. The molecule has 6 nitrogen and oxygen atoms in total. The van der Waals surface area contributed by atoms with Crippen LogP contribution >= 0.6 is 35.3 Å². The van der Waals surface area contributed by atoms with Crippen molar-refractivity contribution in [1.29, 1.82) is 0 Å². The minimum absolute atomic E-state index is 0. The van der Waals surface area contributed by atoms with Crippen LogP contribution in [0.5, 0.6) is 0 Å². The Kier molecular flexibility index (Phi) is 10.8. The van der Waals surface area contributed by atoms with Crippen molar-refractivity contribution in [3.05, 3.63) is 28.2 Å². The number of aliphatic imine (C=N–C) groups is 1. The quantitative estimate of drug-likeness (QED) is 0.288. The van der Waals surface area contributed by atoms with E-state index < -0.39 is 0 Å². The smallest absolute Gasteiger partial charge is 0.243 e. The van der Waals surface area contributed by atoms with Gasteiger partial charge in [-0.3, -0.25) is 4.79 Å². The zero-order valence-electron chi connectivity index (χ0n) is 14.2. The number of hydrogen-bond acceptors (Lipinski definition) is 4. The molecule has 0 unspecified atom stereocenters. The predicted molar refractivity (Wildman–Crippen MR) is 108 cm³/mol. The number of thiazole rings is 1. The Morgan fingerprint density at radius 3 is 2.65 bits per heavy atom. The van der Waals surface area contributed by atoms with E-state index in [1.807, 2.05) is 13.1 Å². The number of likely N-dealkylation sites (N-methyl/N-ethyl adjacent to an activating group) is 1. The van der Waals surface area contributed by atoms with Crippen LogP contribution in [0.3, 0.4) is 0 Å². The normalized spacial score (nSPS) is 10.7. The fourth-order valence-corrected chi connectivity index (χ4v) is 2.25. The second kappa shape index (κ2) is 11.4. The van der Waals surface area contributed by atoms with E-state index in [1.54, 1.807) is 25.4 Å². The molecule has 0 saturated heterocycles. The molecule has 0 atom stereocenters. The molecule has 0 aliphatic heterocycles. The Morgan fingerprint density at radius 2 is 2.13 bits per heavy atom. The van der Waals surface area contributed by atoms with Crippen LogP contribution in [0, 0.1) is 0 Å². The van der Waals surface area contributed by atoms with Gasteiger partial charge in [-0.05, 0) is 13.3 Å². The van der Waals surface area contributed by atoms with Crippen LogP contribution < -0.4 is 10.6 Å². The Hall–Kier alpha value is -1.16. The van der Waals surface area contributed by atoms with E-state index in [9.17, 15) is 4.79 Å². The fraction of sp³-hybridized carbons (Fsp3) is 0.533. The zero-order chi connectivity index (χ0) is 16.5. The third-order valence-electron chi connectivity index (χ3n) is 2.79. The second-order valence-corrected chi connectivity index (χ2v) is 6.39. The maximum atomic E-state index is 11.6. The molecule has 0 saturated carbocycles. The molecule has 0 aliphatic carbocycles. The van der Waals surface area contributed by atoms with Gasteiger partial charge in [0.2, 0.25) is 5.91 Å². The van der Waals surface area contributed by atoms with Crippen LogP contribution in [0.2, 0.25) is 0 Å². The first kappa shape index (κ1) is 21.8.